The van der Waals surface area contributed by atoms with Gasteiger partial charge in [0.1, 0.15) is 0 Å². The standard InChI is InChI=1S/C6H10BF2NO2/c1-2-12-5(11)3-4(10-7)6(8)9/h4,6,10H,2-3H2,1H3. The first kappa shape index (κ1) is 11.4. The summed E-state index contributed by atoms with van der Waals surface area (Å²) in [5, 5.41) is 1.84. The maximum absolute atomic E-state index is 11.9. The molecule has 0 spiro atoms. The molecule has 0 fully saturated rings. The van der Waals surface area contributed by atoms with Crippen LogP contribution in [0, 0.1) is 0 Å². The van der Waals surface area contributed by atoms with E-state index in [1.54, 1.807) is 6.92 Å². The van der Waals surface area contributed by atoms with Crippen molar-refractivity contribution in [2.45, 2.75) is 25.8 Å². The lowest BCUT2D eigenvalue weighted by atomic mass is 10.2. The van der Waals surface area contributed by atoms with Crippen LogP contribution in [0.25, 0.3) is 0 Å². The third kappa shape index (κ3) is 4.28. The Morgan fingerprint density at radius 1 is 1.67 bits per heavy atom. The molecule has 1 unspecified atom stereocenters. The minimum Gasteiger partial charge on any atom is -0.466 e. The monoisotopic (exact) mass is 177 g/mol. The van der Waals surface area contributed by atoms with Gasteiger partial charge in [-0.1, -0.05) is 0 Å². The van der Waals surface area contributed by atoms with Gasteiger partial charge < -0.3 is 9.96 Å². The van der Waals surface area contributed by atoms with Gasteiger partial charge in [0.15, 0.2) is 7.98 Å². The topological polar surface area (TPSA) is 38.3 Å². The molecule has 0 aromatic carbocycles. The van der Waals surface area contributed by atoms with Crippen LogP contribution >= 0.6 is 0 Å². The summed E-state index contributed by atoms with van der Waals surface area (Å²) in [7, 11) is 4.78. The third-order valence-corrected chi connectivity index (χ3v) is 1.21. The van der Waals surface area contributed by atoms with Crippen LogP contribution in [0.2, 0.25) is 0 Å². The van der Waals surface area contributed by atoms with E-state index in [-0.39, 0.29) is 6.61 Å². The molecule has 12 heavy (non-hydrogen) atoms. The Balaban J connectivity index is 3.77. The molecular weight excluding hydrogens is 167 g/mol. The molecule has 0 saturated heterocycles. The van der Waals surface area contributed by atoms with Crippen molar-refractivity contribution in [2.75, 3.05) is 6.61 Å². The average molecular weight is 177 g/mol. The Morgan fingerprint density at radius 3 is 2.58 bits per heavy atom. The van der Waals surface area contributed by atoms with E-state index in [9.17, 15) is 13.6 Å². The number of halogens is 2. The van der Waals surface area contributed by atoms with Crippen LogP contribution < -0.4 is 5.23 Å². The van der Waals surface area contributed by atoms with Crippen LogP contribution in [0.4, 0.5) is 8.78 Å². The van der Waals surface area contributed by atoms with Crippen LogP contribution in [0.1, 0.15) is 13.3 Å². The molecule has 0 aliphatic heterocycles. The minimum atomic E-state index is -2.67. The summed E-state index contributed by atoms with van der Waals surface area (Å²) in [6, 6.07) is -1.33. The normalized spacial score (nSPS) is 13.0. The Kier molecular flexibility index (Phi) is 5.62. The molecule has 0 aliphatic rings. The SMILES string of the molecule is [B]NC(CC(=O)OCC)C(F)F. The number of ether oxygens (including phenoxy) is 1. The van der Waals surface area contributed by atoms with Gasteiger partial charge in [-0.25, -0.2) is 8.78 Å². The number of hydrogen-bond acceptors (Lipinski definition) is 3. The van der Waals surface area contributed by atoms with E-state index in [0.29, 0.717) is 0 Å². The minimum absolute atomic E-state index is 0.180. The molecule has 0 aromatic heterocycles. The predicted octanol–water partition coefficient (Wildman–Crippen LogP) is 0.246. The van der Waals surface area contributed by atoms with E-state index in [1.807, 2.05) is 5.23 Å². The lowest BCUT2D eigenvalue weighted by molar-refractivity contribution is -0.144. The highest BCUT2D eigenvalue weighted by Crippen LogP contribution is 2.05. The van der Waals surface area contributed by atoms with E-state index in [1.165, 1.54) is 0 Å². The summed E-state index contributed by atoms with van der Waals surface area (Å²) < 4.78 is 28.4. The summed E-state index contributed by atoms with van der Waals surface area (Å²) >= 11 is 0. The van der Waals surface area contributed by atoms with Gasteiger partial charge >= 0.3 is 5.97 Å². The van der Waals surface area contributed by atoms with Crippen LogP contribution in [0.3, 0.4) is 0 Å². The van der Waals surface area contributed by atoms with Crippen LogP contribution in [0.15, 0.2) is 0 Å². The first-order chi connectivity index (χ1) is 5.61. The number of carbonyl (C=O) groups excluding carboxylic acids is 1. The number of hydrogen-bond donors (Lipinski definition) is 1. The number of carbonyl (C=O) groups is 1. The van der Waals surface area contributed by atoms with Gasteiger partial charge in [-0.3, -0.25) is 4.79 Å². The summed E-state index contributed by atoms with van der Waals surface area (Å²) in [6.45, 7) is 1.78. The molecule has 1 atom stereocenters. The predicted molar refractivity (Wildman–Crippen MR) is 39.9 cm³/mol. The Morgan fingerprint density at radius 2 is 2.25 bits per heavy atom. The quantitative estimate of drug-likeness (QED) is 0.483. The molecule has 3 nitrogen and oxygen atoms in total. The van der Waals surface area contributed by atoms with Gasteiger partial charge in [0, 0.05) is 0 Å². The van der Waals surface area contributed by atoms with Gasteiger partial charge in [0.2, 0.25) is 0 Å². The van der Waals surface area contributed by atoms with E-state index in [2.05, 4.69) is 4.74 Å². The fourth-order valence-electron chi connectivity index (χ4n) is 0.620. The highest BCUT2D eigenvalue weighted by molar-refractivity contribution is 6.04. The molecule has 0 aromatic rings. The van der Waals surface area contributed by atoms with Crippen molar-refractivity contribution < 1.29 is 18.3 Å². The molecule has 68 valence electrons. The second-order valence-electron chi connectivity index (χ2n) is 2.12. The lowest BCUT2D eigenvalue weighted by Gasteiger charge is -2.13. The van der Waals surface area contributed by atoms with Crippen molar-refractivity contribution in [3.05, 3.63) is 0 Å². The second kappa shape index (κ2) is 5.94. The molecule has 6 heteroatoms. The fraction of sp³-hybridized carbons (Fsp3) is 0.833. The van der Waals surface area contributed by atoms with E-state index < -0.39 is 24.9 Å². The Bertz CT molecular complexity index is 146. The number of alkyl halides is 2. The summed E-state index contributed by atoms with van der Waals surface area (Å²) in [5.41, 5.74) is 0. The molecule has 2 radical (unpaired) electrons. The van der Waals surface area contributed by atoms with E-state index in [0.717, 1.165) is 0 Å². The smallest absolute Gasteiger partial charge is 0.307 e. The molecule has 1 N–H and O–H groups in total. The van der Waals surface area contributed by atoms with Gasteiger partial charge in [-0.2, -0.15) is 0 Å². The zero-order chi connectivity index (χ0) is 9.56. The van der Waals surface area contributed by atoms with Crippen LogP contribution in [-0.4, -0.2) is 33.0 Å². The highest BCUT2D eigenvalue weighted by atomic mass is 19.3. The Hall–Kier alpha value is -0.645. The molecule has 0 rings (SSSR count). The summed E-state index contributed by atoms with van der Waals surface area (Å²) in [6.07, 6.45) is -3.08. The first-order valence-corrected chi connectivity index (χ1v) is 3.51. The van der Waals surface area contributed by atoms with E-state index in [4.69, 9.17) is 7.98 Å². The maximum Gasteiger partial charge on any atom is 0.307 e. The van der Waals surface area contributed by atoms with E-state index >= 15 is 0 Å². The third-order valence-electron chi connectivity index (χ3n) is 1.21. The van der Waals surface area contributed by atoms with Crippen molar-refractivity contribution in [3.63, 3.8) is 0 Å². The van der Waals surface area contributed by atoms with Crippen molar-refractivity contribution >= 4 is 14.0 Å². The number of esters is 1. The fourth-order valence-corrected chi connectivity index (χ4v) is 0.620. The van der Waals surface area contributed by atoms with Gasteiger partial charge in [-0.05, 0) is 6.92 Å². The zero-order valence-corrected chi connectivity index (χ0v) is 6.72. The number of nitrogens with one attached hydrogen (secondary N) is 1. The first-order valence-electron chi connectivity index (χ1n) is 3.51. The molecule has 0 bridgehead atoms. The van der Waals surface area contributed by atoms with Crippen molar-refractivity contribution in [1.82, 2.24) is 5.23 Å². The Labute approximate surface area is 70.9 Å². The largest absolute Gasteiger partial charge is 0.466 e. The zero-order valence-electron chi connectivity index (χ0n) is 6.72. The molecule has 0 heterocycles. The van der Waals surface area contributed by atoms with Gasteiger partial charge in [0.25, 0.3) is 6.43 Å². The summed E-state index contributed by atoms with van der Waals surface area (Å²) in [5.74, 6) is -0.680. The van der Waals surface area contributed by atoms with Crippen molar-refractivity contribution in [3.8, 4) is 0 Å². The molecule has 0 saturated carbocycles. The number of rotatable bonds is 5. The van der Waals surface area contributed by atoms with Crippen molar-refractivity contribution in [2.24, 2.45) is 0 Å². The molecule has 0 aliphatic carbocycles. The molecular formula is C6H10BF2NO2. The highest BCUT2D eigenvalue weighted by Gasteiger charge is 2.21. The van der Waals surface area contributed by atoms with Gasteiger partial charge in [-0.15, -0.1) is 0 Å². The van der Waals surface area contributed by atoms with Crippen molar-refractivity contribution in [1.29, 1.82) is 0 Å². The van der Waals surface area contributed by atoms with Crippen LogP contribution in [0.5, 0.6) is 0 Å². The lowest BCUT2D eigenvalue weighted by Crippen LogP contribution is -2.36. The van der Waals surface area contributed by atoms with Crippen LogP contribution in [-0.2, 0) is 9.53 Å². The summed E-state index contributed by atoms with van der Waals surface area (Å²) in [4.78, 5) is 10.7. The van der Waals surface area contributed by atoms with Gasteiger partial charge in [0.05, 0.1) is 19.1 Å². The average Bonchev–Trinajstić information content (AvgIpc) is 2.00. The second-order valence-corrected chi connectivity index (χ2v) is 2.12. The maximum atomic E-state index is 11.9. The molecule has 0 amide bonds.